The van der Waals surface area contributed by atoms with E-state index in [1.807, 2.05) is 6.92 Å². The fourth-order valence-corrected chi connectivity index (χ4v) is 3.17. The molecule has 0 saturated carbocycles. The molecule has 114 valence electrons. The van der Waals surface area contributed by atoms with Gasteiger partial charge in [0.2, 0.25) is 10.0 Å². The third kappa shape index (κ3) is 5.19. The molecule has 4 nitrogen and oxygen atoms in total. The lowest BCUT2D eigenvalue weighted by atomic mass is 10.2. The van der Waals surface area contributed by atoms with Gasteiger partial charge >= 0.3 is 0 Å². The smallest absolute Gasteiger partial charge is 0.240 e. The molecule has 6 heteroatoms. The molecule has 0 heterocycles. The summed E-state index contributed by atoms with van der Waals surface area (Å²) < 4.78 is 40.3. The van der Waals surface area contributed by atoms with Gasteiger partial charge in [0.1, 0.15) is 5.82 Å². The number of nitrogens with one attached hydrogen (secondary N) is 2. The van der Waals surface area contributed by atoms with E-state index in [9.17, 15) is 12.8 Å². The summed E-state index contributed by atoms with van der Waals surface area (Å²) >= 11 is 0. The van der Waals surface area contributed by atoms with Crippen molar-refractivity contribution in [1.29, 1.82) is 0 Å². The van der Waals surface area contributed by atoms with Gasteiger partial charge in [-0.1, -0.05) is 32.8 Å². The normalized spacial score (nSPS) is 11.8. The summed E-state index contributed by atoms with van der Waals surface area (Å²) in [5, 5.41) is 3.06. The van der Waals surface area contributed by atoms with Gasteiger partial charge in [0.05, 0.1) is 4.90 Å². The second-order valence-electron chi connectivity index (χ2n) is 4.64. The Hall–Kier alpha value is -0.980. The zero-order chi connectivity index (χ0) is 15.0. The first-order chi connectivity index (χ1) is 9.51. The molecule has 0 aliphatic rings. The maximum Gasteiger partial charge on any atom is 0.240 e. The van der Waals surface area contributed by atoms with Crippen molar-refractivity contribution >= 4 is 10.0 Å². The zero-order valence-corrected chi connectivity index (χ0v) is 12.9. The van der Waals surface area contributed by atoms with E-state index in [-0.39, 0.29) is 4.90 Å². The molecule has 20 heavy (non-hydrogen) atoms. The van der Waals surface area contributed by atoms with Crippen LogP contribution in [-0.4, -0.2) is 21.5 Å². The third-order valence-corrected chi connectivity index (χ3v) is 4.50. The highest BCUT2D eigenvalue weighted by molar-refractivity contribution is 7.89. The minimum Gasteiger partial charge on any atom is -0.313 e. The van der Waals surface area contributed by atoms with Crippen LogP contribution in [0.1, 0.15) is 38.7 Å². The van der Waals surface area contributed by atoms with Crippen LogP contribution in [0, 0.1) is 5.82 Å². The number of halogens is 1. The number of sulfonamides is 1. The van der Waals surface area contributed by atoms with Crippen molar-refractivity contribution in [2.24, 2.45) is 0 Å². The average Bonchev–Trinajstić information content (AvgIpc) is 2.42. The molecule has 0 atom stereocenters. The molecule has 0 saturated heterocycles. The molecule has 0 spiro atoms. The van der Waals surface area contributed by atoms with Gasteiger partial charge in [0, 0.05) is 13.1 Å². The van der Waals surface area contributed by atoms with Gasteiger partial charge in [-0.3, -0.25) is 0 Å². The summed E-state index contributed by atoms with van der Waals surface area (Å²) in [5.41, 5.74) is 0.580. The zero-order valence-electron chi connectivity index (χ0n) is 12.1. The summed E-state index contributed by atoms with van der Waals surface area (Å²) in [6.07, 6.45) is 2.77. The molecule has 1 rings (SSSR count). The van der Waals surface area contributed by atoms with Crippen LogP contribution in [0.4, 0.5) is 4.39 Å². The van der Waals surface area contributed by atoms with Gasteiger partial charge in [0.25, 0.3) is 0 Å². The summed E-state index contributed by atoms with van der Waals surface area (Å²) in [6, 6.07) is 3.87. The molecule has 0 unspecified atom stereocenters. The van der Waals surface area contributed by atoms with E-state index in [1.165, 1.54) is 12.1 Å². The standard InChI is InChI=1S/C14H23FN2O2S/c1-3-5-6-9-17-20(18,19)14-10-13(15)8-7-12(14)11-16-4-2/h7-8,10,16-17H,3-6,9,11H2,1-2H3. The Kier molecular flexibility index (Phi) is 7.12. The van der Waals surface area contributed by atoms with Crippen molar-refractivity contribution in [1.82, 2.24) is 10.0 Å². The summed E-state index contributed by atoms with van der Waals surface area (Å²) in [6.45, 7) is 5.49. The number of hydrogen-bond acceptors (Lipinski definition) is 3. The van der Waals surface area contributed by atoms with E-state index in [1.54, 1.807) is 0 Å². The van der Waals surface area contributed by atoms with Gasteiger partial charge in [-0.2, -0.15) is 0 Å². The Balaban J connectivity index is 2.88. The SMILES string of the molecule is CCCCCNS(=O)(=O)c1cc(F)ccc1CNCC. The van der Waals surface area contributed by atoms with Crippen LogP contribution in [-0.2, 0) is 16.6 Å². The average molecular weight is 302 g/mol. The van der Waals surface area contributed by atoms with E-state index in [0.717, 1.165) is 31.9 Å². The van der Waals surface area contributed by atoms with Crippen molar-refractivity contribution in [2.45, 2.75) is 44.6 Å². The Morgan fingerprint density at radius 1 is 1.20 bits per heavy atom. The Bertz CT molecular complexity index is 518. The topological polar surface area (TPSA) is 58.2 Å². The van der Waals surface area contributed by atoms with Crippen molar-refractivity contribution in [3.8, 4) is 0 Å². The molecule has 0 fully saturated rings. The second kappa shape index (κ2) is 8.34. The van der Waals surface area contributed by atoms with Crippen LogP contribution >= 0.6 is 0 Å². The van der Waals surface area contributed by atoms with E-state index >= 15 is 0 Å². The highest BCUT2D eigenvalue weighted by atomic mass is 32.2. The minimum absolute atomic E-state index is 0.0231. The predicted molar refractivity (Wildman–Crippen MR) is 78.5 cm³/mol. The molecule has 0 bridgehead atoms. The molecule has 0 aromatic heterocycles. The summed E-state index contributed by atoms with van der Waals surface area (Å²) in [7, 11) is -3.65. The van der Waals surface area contributed by atoms with E-state index in [0.29, 0.717) is 18.7 Å². The van der Waals surface area contributed by atoms with E-state index in [4.69, 9.17) is 0 Å². The maximum atomic E-state index is 13.3. The minimum atomic E-state index is -3.65. The lowest BCUT2D eigenvalue weighted by Gasteiger charge is -2.12. The fourth-order valence-electron chi connectivity index (χ4n) is 1.84. The first kappa shape index (κ1) is 17.1. The van der Waals surface area contributed by atoms with Crippen molar-refractivity contribution < 1.29 is 12.8 Å². The lowest BCUT2D eigenvalue weighted by molar-refractivity contribution is 0.569. The number of benzene rings is 1. The van der Waals surface area contributed by atoms with Gasteiger partial charge in [-0.25, -0.2) is 17.5 Å². The molecular formula is C14H23FN2O2S. The Morgan fingerprint density at radius 2 is 1.95 bits per heavy atom. The molecule has 0 aliphatic heterocycles. The highest BCUT2D eigenvalue weighted by Crippen LogP contribution is 2.17. The first-order valence-corrected chi connectivity index (χ1v) is 8.48. The third-order valence-electron chi connectivity index (χ3n) is 2.96. The predicted octanol–water partition coefficient (Wildman–Crippen LogP) is 2.40. The lowest BCUT2D eigenvalue weighted by Crippen LogP contribution is -2.27. The molecule has 1 aromatic rings. The van der Waals surface area contributed by atoms with Crippen LogP contribution in [0.3, 0.4) is 0 Å². The molecule has 0 radical (unpaired) electrons. The maximum absolute atomic E-state index is 13.3. The van der Waals surface area contributed by atoms with E-state index < -0.39 is 15.8 Å². The van der Waals surface area contributed by atoms with Crippen molar-refractivity contribution in [3.63, 3.8) is 0 Å². The second-order valence-corrected chi connectivity index (χ2v) is 6.37. The Morgan fingerprint density at radius 3 is 2.60 bits per heavy atom. The quantitative estimate of drug-likeness (QED) is 0.689. The van der Waals surface area contributed by atoms with Crippen LogP contribution in [0.2, 0.25) is 0 Å². The molecular weight excluding hydrogens is 279 g/mol. The molecule has 0 aliphatic carbocycles. The largest absolute Gasteiger partial charge is 0.313 e. The van der Waals surface area contributed by atoms with Crippen LogP contribution in [0.15, 0.2) is 23.1 Å². The summed E-state index contributed by atoms with van der Waals surface area (Å²) in [5.74, 6) is -0.542. The highest BCUT2D eigenvalue weighted by Gasteiger charge is 2.18. The molecule has 1 aromatic carbocycles. The number of hydrogen-bond donors (Lipinski definition) is 2. The first-order valence-electron chi connectivity index (χ1n) is 7.00. The van der Waals surface area contributed by atoms with Crippen LogP contribution in [0.5, 0.6) is 0 Å². The van der Waals surface area contributed by atoms with Crippen molar-refractivity contribution in [3.05, 3.63) is 29.6 Å². The molecule has 0 amide bonds. The monoisotopic (exact) mass is 302 g/mol. The van der Waals surface area contributed by atoms with Crippen molar-refractivity contribution in [2.75, 3.05) is 13.1 Å². The Labute approximate surface area is 120 Å². The van der Waals surface area contributed by atoms with Gasteiger partial charge in [-0.05, 0) is 30.7 Å². The summed E-state index contributed by atoms with van der Waals surface area (Å²) in [4.78, 5) is 0.0231. The number of unbranched alkanes of at least 4 members (excludes halogenated alkanes) is 2. The van der Waals surface area contributed by atoms with Gasteiger partial charge in [-0.15, -0.1) is 0 Å². The van der Waals surface area contributed by atoms with Gasteiger partial charge in [0.15, 0.2) is 0 Å². The molecule has 2 N–H and O–H groups in total. The number of rotatable bonds is 9. The fraction of sp³-hybridized carbons (Fsp3) is 0.571. The van der Waals surface area contributed by atoms with Gasteiger partial charge < -0.3 is 5.32 Å². The van der Waals surface area contributed by atoms with Crippen LogP contribution in [0.25, 0.3) is 0 Å². The van der Waals surface area contributed by atoms with Crippen LogP contribution < -0.4 is 10.0 Å². The van der Waals surface area contributed by atoms with E-state index in [2.05, 4.69) is 17.0 Å².